The zero-order chi connectivity index (χ0) is 18.9. The summed E-state index contributed by atoms with van der Waals surface area (Å²) < 4.78 is 13.2. The molecule has 0 radical (unpaired) electrons. The summed E-state index contributed by atoms with van der Waals surface area (Å²) in [6.07, 6.45) is 3.58. The minimum atomic E-state index is -1.05. The zero-order valence-corrected chi connectivity index (χ0v) is 15.9. The molecule has 136 valence electrons. The topological polar surface area (TPSA) is 53.4 Å². The van der Waals surface area contributed by atoms with E-state index in [-0.39, 0.29) is 5.97 Å². The van der Waals surface area contributed by atoms with Gasteiger partial charge in [0, 0.05) is 41.6 Å². The summed E-state index contributed by atoms with van der Waals surface area (Å²) in [4.78, 5) is 16.2. The third-order valence-corrected chi connectivity index (χ3v) is 4.57. The van der Waals surface area contributed by atoms with Crippen molar-refractivity contribution in [2.45, 2.75) is 33.3 Å². The Morgan fingerprint density at radius 3 is 2.54 bits per heavy atom. The number of fused-ring (bicyclic) bond motifs is 1. The second-order valence-electron chi connectivity index (χ2n) is 6.77. The molecule has 0 aliphatic carbocycles. The lowest BCUT2D eigenvalue weighted by atomic mass is 10.0. The molecule has 26 heavy (non-hydrogen) atoms. The van der Waals surface area contributed by atoms with Crippen molar-refractivity contribution in [2.24, 2.45) is 7.05 Å². The molecule has 0 N–H and O–H groups in total. The minimum Gasteiger partial charge on any atom is -0.476 e. The molecule has 0 bridgehead atoms. The average molecular weight is 352 g/mol. The summed E-state index contributed by atoms with van der Waals surface area (Å²) in [7, 11) is 2.05. The van der Waals surface area contributed by atoms with Crippen LogP contribution in [0.4, 0.5) is 0 Å². The fourth-order valence-corrected chi connectivity index (χ4v) is 3.14. The van der Waals surface area contributed by atoms with E-state index in [0.29, 0.717) is 12.4 Å². The molecule has 0 aliphatic rings. The van der Waals surface area contributed by atoms with Gasteiger partial charge >= 0.3 is 5.97 Å². The van der Waals surface area contributed by atoms with Crippen molar-refractivity contribution in [1.29, 1.82) is 0 Å². The highest BCUT2D eigenvalue weighted by atomic mass is 16.6. The first-order chi connectivity index (χ1) is 12.3. The third-order valence-electron chi connectivity index (χ3n) is 4.57. The first-order valence-corrected chi connectivity index (χ1v) is 8.71. The number of aryl methyl sites for hydroxylation is 1. The van der Waals surface area contributed by atoms with Gasteiger partial charge in [-0.2, -0.15) is 0 Å². The van der Waals surface area contributed by atoms with Crippen LogP contribution in [0.5, 0.6) is 5.75 Å². The molecule has 0 amide bonds. The molecule has 3 aromatic rings. The monoisotopic (exact) mass is 352 g/mol. The Morgan fingerprint density at radius 2 is 1.88 bits per heavy atom. The van der Waals surface area contributed by atoms with Gasteiger partial charge in [0.05, 0.1) is 6.61 Å². The van der Waals surface area contributed by atoms with Crippen LogP contribution in [0.1, 0.15) is 26.5 Å². The van der Waals surface area contributed by atoms with E-state index >= 15 is 0 Å². The van der Waals surface area contributed by atoms with E-state index in [1.807, 2.05) is 37.4 Å². The molecule has 0 atom stereocenters. The number of rotatable bonds is 5. The Labute approximate surface area is 153 Å². The maximum atomic E-state index is 12.1. The number of pyridine rings is 1. The Bertz CT molecular complexity index is 943. The van der Waals surface area contributed by atoms with Gasteiger partial charge in [0.15, 0.2) is 5.60 Å². The third kappa shape index (κ3) is 3.17. The molecule has 0 spiro atoms. The van der Waals surface area contributed by atoms with Crippen LogP contribution in [0.15, 0.2) is 42.7 Å². The molecule has 5 nitrogen and oxygen atoms in total. The summed E-state index contributed by atoms with van der Waals surface area (Å²) in [6.45, 7) is 7.64. The molecule has 3 rings (SSSR count). The van der Waals surface area contributed by atoms with E-state index in [2.05, 4.69) is 16.5 Å². The van der Waals surface area contributed by atoms with Gasteiger partial charge in [-0.15, -0.1) is 0 Å². The maximum absolute atomic E-state index is 12.1. The number of hydrogen-bond acceptors (Lipinski definition) is 4. The number of carbonyl (C=O) groups is 1. The zero-order valence-electron chi connectivity index (χ0n) is 15.9. The lowest BCUT2D eigenvalue weighted by Gasteiger charge is -2.24. The Balaban J connectivity index is 2.07. The van der Waals surface area contributed by atoms with Crippen LogP contribution < -0.4 is 4.74 Å². The fraction of sp³-hybridized carbons (Fsp3) is 0.333. The first-order valence-electron chi connectivity index (χ1n) is 8.71. The van der Waals surface area contributed by atoms with E-state index in [1.165, 1.54) is 0 Å². The molecular weight excluding hydrogens is 328 g/mol. The number of nitrogens with zero attached hydrogens (tertiary/aromatic N) is 2. The summed E-state index contributed by atoms with van der Waals surface area (Å²) in [6, 6.07) is 9.89. The quantitative estimate of drug-likeness (QED) is 0.644. The average Bonchev–Trinajstić information content (AvgIpc) is 2.86. The SMILES string of the molecule is CCOC(=O)C(C)(C)Oc1ccc2c(c1)c(-c1ccncc1)c(C)n2C. The number of esters is 1. The van der Waals surface area contributed by atoms with Crippen molar-refractivity contribution in [3.8, 4) is 16.9 Å². The molecule has 5 heteroatoms. The van der Waals surface area contributed by atoms with Crippen molar-refractivity contribution >= 4 is 16.9 Å². The van der Waals surface area contributed by atoms with Gasteiger partial charge in [0.2, 0.25) is 0 Å². The largest absolute Gasteiger partial charge is 0.476 e. The van der Waals surface area contributed by atoms with Gasteiger partial charge in [-0.05, 0) is 63.6 Å². The van der Waals surface area contributed by atoms with Gasteiger partial charge in [0.1, 0.15) is 5.75 Å². The second-order valence-corrected chi connectivity index (χ2v) is 6.77. The number of carbonyl (C=O) groups excluding carboxylic acids is 1. The van der Waals surface area contributed by atoms with Gasteiger partial charge in [-0.1, -0.05) is 0 Å². The Kier molecular flexibility index (Phi) is 4.72. The van der Waals surface area contributed by atoms with E-state index < -0.39 is 5.60 Å². The van der Waals surface area contributed by atoms with Gasteiger partial charge in [0.25, 0.3) is 0 Å². The first kappa shape index (κ1) is 18.0. The lowest BCUT2D eigenvalue weighted by molar-refractivity contribution is -0.158. The van der Waals surface area contributed by atoms with Crippen molar-refractivity contribution in [3.63, 3.8) is 0 Å². The molecule has 0 saturated carbocycles. The van der Waals surface area contributed by atoms with Crippen molar-refractivity contribution < 1.29 is 14.3 Å². The van der Waals surface area contributed by atoms with Gasteiger partial charge < -0.3 is 14.0 Å². The molecule has 0 fully saturated rings. The van der Waals surface area contributed by atoms with Crippen LogP contribution in [0, 0.1) is 6.92 Å². The lowest BCUT2D eigenvalue weighted by Crippen LogP contribution is -2.39. The van der Waals surface area contributed by atoms with E-state index in [9.17, 15) is 4.79 Å². The summed E-state index contributed by atoms with van der Waals surface area (Å²) in [5.41, 5.74) is 3.46. The van der Waals surface area contributed by atoms with Crippen molar-refractivity contribution in [1.82, 2.24) is 9.55 Å². The molecule has 0 saturated heterocycles. The highest BCUT2D eigenvalue weighted by molar-refractivity contribution is 5.98. The molecule has 2 heterocycles. The van der Waals surface area contributed by atoms with Crippen LogP contribution in [-0.2, 0) is 16.6 Å². The Hall–Kier alpha value is -2.82. The number of hydrogen-bond donors (Lipinski definition) is 0. The molecule has 2 aromatic heterocycles. The van der Waals surface area contributed by atoms with Crippen LogP contribution >= 0.6 is 0 Å². The summed E-state index contributed by atoms with van der Waals surface area (Å²) >= 11 is 0. The standard InChI is InChI=1S/C21H24N2O3/c1-6-25-20(24)21(3,4)26-16-7-8-18-17(13-16)19(14(2)23(18)5)15-9-11-22-12-10-15/h7-13H,6H2,1-5H3. The Morgan fingerprint density at radius 1 is 1.19 bits per heavy atom. The maximum Gasteiger partial charge on any atom is 0.349 e. The van der Waals surface area contributed by atoms with Crippen LogP contribution in [0.25, 0.3) is 22.0 Å². The number of aromatic nitrogens is 2. The second kappa shape index (κ2) is 6.83. The predicted molar refractivity (Wildman–Crippen MR) is 102 cm³/mol. The van der Waals surface area contributed by atoms with Crippen LogP contribution in [0.3, 0.4) is 0 Å². The summed E-state index contributed by atoms with van der Waals surface area (Å²) in [5, 5.41) is 1.08. The molecule has 0 aliphatic heterocycles. The van der Waals surface area contributed by atoms with E-state index in [1.54, 1.807) is 33.2 Å². The summed E-state index contributed by atoms with van der Waals surface area (Å²) in [5.74, 6) is 0.259. The van der Waals surface area contributed by atoms with E-state index in [0.717, 1.165) is 27.7 Å². The highest BCUT2D eigenvalue weighted by Crippen LogP contribution is 2.36. The normalized spacial score (nSPS) is 11.6. The smallest absolute Gasteiger partial charge is 0.349 e. The van der Waals surface area contributed by atoms with Gasteiger partial charge in [-0.25, -0.2) is 4.79 Å². The van der Waals surface area contributed by atoms with Crippen LogP contribution in [0.2, 0.25) is 0 Å². The van der Waals surface area contributed by atoms with Crippen molar-refractivity contribution in [3.05, 3.63) is 48.4 Å². The van der Waals surface area contributed by atoms with Crippen molar-refractivity contribution in [2.75, 3.05) is 6.61 Å². The number of benzene rings is 1. The molecule has 0 unspecified atom stereocenters. The fourth-order valence-electron chi connectivity index (χ4n) is 3.14. The highest BCUT2D eigenvalue weighted by Gasteiger charge is 2.31. The predicted octanol–water partition coefficient (Wildman–Crippen LogP) is 4.27. The van der Waals surface area contributed by atoms with E-state index in [4.69, 9.17) is 9.47 Å². The number of ether oxygens (including phenoxy) is 2. The molecule has 1 aromatic carbocycles. The van der Waals surface area contributed by atoms with Crippen LogP contribution in [-0.4, -0.2) is 27.7 Å². The van der Waals surface area contributed by atoms with Gasteiger partial charge in [-0.3, -0.25) is 4.98 Å². The minimum absolute atomic E-state index is 0.328. The molecular formula is C21H24N2O3.